The molecule has 0 radical (unpaired) electrons. The van der Waals surface area contributed by atoms with Crippen LogP contribution in [0, 0.1) is 38.0 Å². The Hall–Kier alpha value is -4.01. The number of amides is 2. The van der Waals surface area contributed by atoms with Crippen LogP contribution in [0.3, 0.4) is 0 Å². The van der Waals surface area contributed by atoms with Gasteiger partial charge in [0, 0.05) is 36.2 Å². The summed E-state index contributed by atoms with van der Waals surface area (Å²) in [7, 11) is 3.61. The Balaban J connectivity index is 1.46. The van der Waals surface area contributed by atoms with Gasteiger partial charge < -0.3 is 30.0 Å². The van der Waals surface area contributed by atoms with Gasteiger partial charge >= 0.3 is 0 Å². The average molecular weight is 632 g/mol. The normalized spacial score (nSPS) is 25.2. The number of carbonyl (C=O) groups excluding carboxylic acids is 2. The topological polar surface area (TPSA) is 136 Å². The number of rotatable bonds is 7. The van der Waals surface area contributed by atoms with Crippen LogP contribution >= 0.6 is 0 Å². The van der Waals surface area contributed by atoms with Crippen molar-refractivity contribution in [1.29, 1.82) is 5.26 Å². The van der Waals surface area contributed by atoms with E-state index in [1.54, 1.807) is 14.0 Å². The van der Waals surface area contributed by atoms with E-state index in [0.717, 1.165) is 38.9 Å². The van der Waals surface area contributed by atoms with Gasteiger partial charge in [0.25, 0.3) is 0 Å². The number of methoxy groups -OCH3 is 1. The van der Waals surface area contributed by atoms with Crippen LogP contribution in [0.2, 0.25) is 0 Å². The number of carbonyl (C=O) groups is 2. The van der Waals surface area contributed by atoms with Gasteiger partial charge in [0.15, 0.2) is 23.0 Å². The third kappa shape index (κ3) is 4.94. The summed E-state index contributed by atoms with van der Waals surface area (Å²) in [4.78, 5) is 30.4. The first-order valence-corrected chi connectivity index (χ1v) is 16.2. The van der Waals surface area contributed by atoms with Gasteiger partial charge in [-0.05, 0) is 81.3 Å². The second-order valence-electron chi connectivity index (χ2n) is 13.7. The van der Waals surface area contributed by atoms with E-state index >= 15 is 0 Å². The number of aryl methyl sites for hydroxylation is 1. The van der Waals surface area contributed by atoms with Crippen LogP contribution in [0.4, 0.5) is 0 Å². The van der Waals surface area contributed by atoms with Crippen molar-refractivity contribution in [2.75, 3.05) is 27.5 Å². The Morgan fingerprint density at radius 2 is 1.83 bits per heavy atom. The number of piperazine rings is 1. The lowest BCUT2D eigenvalue weighted by atomic mass is 9.71. The van der Waals surface area contributed by atoms with Gasteiger partial charge in [-0.25, -0.2) is 0 Å². The number of nitrogens with one attached hydrogen (secondary N) is 2. The minimum absolute atomic E-state index is 0.101. The maximum atomic E-state index is 13.4. The highest BCUT2D eigenvalue weighted by Crippen LogP contribution is 2.56. The van der Waals surface area contributed by atoms with Crippen LogP contribution in [-0.2, 0) is 22.4 Å². The smallest absolute Gasteiger partial charge is 0.242 e. The first-order chi connectivity index (χ1) is 21.9. The number of nitrogens with zero attached hydrogens (tertiary/aromatic N) is 3. The molecule has 1 fully saturated rings. The number of hydrogen-bond acceptors (Lipinski definition) is 9. The highest BCUT2D eigenvalue weighted by atomic mass is 16.7. The number of aromatic hydroxyl groups is 1. The monoisotopic (exact) mass is 631 g/mol. The fourth-order valence-corrected chi connectivity index (χ4v) is 8.32. The van der Waals surface area contributed by atoms with Crippen LogP contribution in [0.5, 0.6) is 23.0 Å². The molecule has 1 unspecified atom stereocenters. The molecule has 246 valence electrons. The summed E-state index contributed by atoms with van der Waals surface area (Å²) in [5.41, 5.74) is 6.85. The minimum Gasteiger partial charge on any atom is -0.504 e. The van der Waals surface area contributed by atoms with E-state index in [1.807, 2.05) is 34.7 Å². The molecule has 3 N–H and O–H groups in total. The number of fused-ring (bicyclic) bond motifs is 9. The van der Waals surface area contributed by atoms with Crippen molar-refractivity contribution in [3.05, 3.63) is 45.0 Å². The molecule has 4 heterocycles. The van der Waals surface area contributed by atoms with Crippen molar-refractivity contribution >= 4 is 11.8 Å². The fraction of sp³-hybridized carbons (Fsp3) is 0.571. The van der Waals surface area contributed by atoms with Gasteiger partial charge in [0.2, 0.25) is 18.6 Å². The van der Waals surface area contributed by atoms with Gasteiger partial charge in [-0.3, -0.25) is 19.4 Å². The molecule has 4 aliphatic heterocycles. The predicted molar refractivity (Wildman–Crippen MR) is 171 cm³/mol. The molecule has 11 nitrogen and oxygen atoms in total. The van der Waals surface area contributed by atoms with Crippen molar-refractivity contribution in [3.63, 3.8) is 0 Å². The molecule has 2 bridgehead atoms. The van der Waals surface area contributed by atoms with E-state index in [-0.39, 0.29) is 54.9 Å². The lowest BCUT2D eigenvalue weighted by molar-refractivity contribution is -0.129. The molecule has 4 aliphatic rings. The summed E-state index contributed by atoms with van der Waals surface area (Å²) >= 11 is 0. The summed E-state index contributed by atoms with van der Waals surface area (Å²) < 4.78 is 17.7. The van der Waals surface area contributed by atoms with Crippen LogP contribution < -0.4 is 24.8 Å². The number of benzene rings is 2. The standard InChI is InChI=1S/C35H45N5O6/c1-16(2)9-27(41)38-20(6)35(43)37-14-26-29-22(18(4)19(5)33-34(29)46-15-45-33)12-24-30-28-21(10-17(3)32(44-8)31(28)42)11-23(39(30)7)25(13-36)40(24)26/h10,16,20,23-26,30,42H,9,11-12,14-15H2,1-8H3,(H,37,43)(H,38,41)/t20-,23+,24?,25+,26+,30+/m1/s1. The molecule has 11 heteroatoms. The van der Waals surface area contributed by atoms with E-state index in [9.17, 15) is 20.0 Å². The maximum Gasteiger partial charge on any atom is 0.242 e. The number of ether oxygens (including phenoxy) is 3. The largest absolute Gasteiger partial charge is 0.504 e. The first-order valence-electron chi connectivity index (χ1n) is 16.2. The van der Waals surface area contributed by atoms with Crippen molar-refractivity contribution < 1.29 is 28.9 Å². The number of hydrogen-bond donors (Lipinski definition) is 3. The highest BCUT2D eigenvalue weighted by molar-refractivity contribution is 5.87. The van der Waals surface area contributed by atoms with Crippen LogP contribution in [0.25, 0.3) is 0 Å². The van der Waals surface area contributed by atoms with Crippen molar-refractivity contribution in [3.8, 4) is 29.1 Å². The first kappa shape index (κ1) is 32.0. The van der Waals surface area contributed by atoms with Crippen LogP contribution in [0.1, 0.15) is 78.2 Å². The minimum atomic E-state index is -0.728. The molecule has 6 rings (SSSR count). The molecule has 1 saturated heterocycles. The Morgan fingerprint density at radius 3 is 2.50 bits per heavy atom. The lowest BCUT2D eigenvalue weighted by Gasteiger charge is -2.60. The molecule has 0 aromatic heterocycles. The number of phenolic OH excluding ortho intramolecular Hbond substituents is 1. The van der Waals surface area contributed by atoms with Gasteiger partial charge in [0.1, 0.15) is 12.1 Å². The molecule has 6 atom stereocenters. The van der Waals surface area contributed by atoms with Crippen LogP contribution in [0.15, 0.2) is 6.07 Å². The molecule has 46 heavy (non-hydrogen) atoms. The SMILES string of the molecule is COc1c(C)cc2c(c1O)[C@@H]1C3Cc4c(C)c(C)c5c(c4[C@H](CNC(=O)[C@@H](C)NC(=O)CC(C)C)N3[C@@H](C#N)[C@H](C2)N1C)OCO5. The predicted octanol–water partition coefficient (Wildman–Crippen LogP) is 3.49. The average Bonchev–Trinajstić information content (AvgIpc) is 3.48. The molecule has 0 spiro atoms. The zero-order valence-corrected chi connectivity index (χ0v) is 28.0. The third-order valence-electron chi connectivity index (χ3n) is 10.5. The molecular weight excluding hydrogens is 586 g/mol. The van der Waals surface area contributed by atoms with E-state index < -0.39 is 18.1 Å². The van der Waals surface area contributed by atoms with Crippen LogP contribution in [-0.4, -0.2) is 78.4 Å². The Bertz CT molecular complexity index is 1630. The summed E-state index contributed by atoms with van der Waals surface area (Å²) in [6, 6.07) is 2.45. The fourth-order valence-electron chi connectivity index (χ4n) is 8.32. The summed E-state index contributed by atoms with van der Waals surface area (Å²) in [5, 5.41) is 28.4. The van der Waals surface area contributed by atoms with Crippen molar-refractivity contribution in [2.24, 2.45) is 5.92 Å². The van der Waals surface area contributed by atoms with Gasteiger partial charge in [-0.1, -0.05) is 19.9 Å². The van der Waals surface area contributed by atoms with Crippen molar-refractivity contribution in [2.45, 2.75) is 97.1 Å². The molecule has 0 aliphatic carbocycles. The second kappa shape index (κ2) is 12.0. The number of phenols is 1. The van der Waals surface area contributed by atoms with E-state index in [2.05, 4.69) is 39.5 Å². The molecular formula is C35H45N5O6. The Kier molecular flexibility index (Phi) is 8.32. The zero-order chi connectivity index (χ0) is 33.2. The number of nitriles is 1. The molecule has 0 saturated carbocycles. The number of likely N-dealkylation sites (N-methyl/N-ethyl adjacent to an activating group) is 1. The second-order valence-corrected chi connectivity index (χ2v) is 13.7. The van der Waals surface area contributed by atoms with E-state index in [0.29, 0.717) is 36.5 Å². The molecule has 2 aromatic rings. The summed E-state index contributed by atoms with van der Waals surface area (Å²) in [5.74, 6) is 1.67. The zero-order valence-electron chi connectivity index (χ0n) is 28.0. The van der Waals surface area contributed by atoms with E-state index in [1.165, 1.54) is 0 Å². The van der Waals surface area contributed by atoms with Gasteiger partial charge in [-0.2, -0.15) is 5.26 Å². The lowest BCUT2D eigenvalue weighted by Crippen LogP contribution is -2.69. The van der Waals surface area contributed by atoms with E-state index in [4.69, 9.17) is 14.2 Å². The Labute approximate surface area is 270 Å². The Morgan fingerprint density at radius 1 is 1.11 bits per heavy atom. The molecule has 2 amide bonds. The van der Waals surface area contributed by atoms with Gasteiger partial charge in [-0.15, -0.1) is 0 Å². The maximum absolute atomic E-state index is 13.4. The molecule has 2 aromatic carbocycles. The highest BCUT2D eigenvalue weighted by Gasteiger charge is 2.56. The third-order valence-corrected chi connectivity index (χ3v) is 10.5. The quantitative estimate of drug-likeness (QED) is 0.420. The summed E-state index contributed by atoms with van der Waals surface area (Å²) in [6.07, 6.45) is 1.53. The summed E-state index contributed by atoms with van der Waals surface area (Å²) in [6.45, 7) is 11.9. The van der Waals surface area contributed by atoms with Gasteiger partial charge in [0.05, 0.1) is 25.3 Å². The van der Waals surface area contributed by atoms with Crippen molar-refractivity contribution in [1.82, 2.24) is 20.4 Å².